The Morgan fingerprint density at radius 1 is 1.06 bits per heavy atom. The van der Waals surface area contributed by atoms with Gasteiger partial charge in [-0.05, 0) is 47.9 Å². The van der Waals surface area contributed by atoms with Crippen molar-refractivity contribution in [1.29, 1.82) is 0 Å². The standard InChI is InChI=1S/C27H28N4O3/c1-2-34-27(33)20-10-13-22-23(16-20)31-26(32)24(22)25(19-6-4-3-5-7-19)30-21-11-8-18(9-12-21)17-29-15-14-28/h3-13,16,24,29H,2,14-15,17,28H2,1H3,(H,31,32). The molecule has 3 aromatic carbocycles. The highest BCUT2D eigenvalue weighted by molar-refractivity contribution is 6.24. The van der Waals surface area contributed by atoms with Crippen LogP contribution >= 0.6 is 0 Å². The number of esters is 1. The summed E-state index contributed by atoms with van der Waals surface area (Å²) in [5, 5.41) is 6.19. The van der Waals surface area contributed by atoms with Gasteiger partial charge in [-0.15, -0.1) is 0 Å². The van der Waals surface area contributed by atoms with Crippen molar-refractivity contribution in [2.45, 2.75) is 19.4 Å². The lowest BCUT2D eigenvalue weighted by Crippen LogP contribution is -2.22. The molecule has 1 aliphatic heterocycles. The van der Waals surface area contributed by atoms with E-state index in [1.807, 2.05) is 54.6 Å². The number of carbonyl (C=O) groups is 2. The van der Waals surface area contributed by atoms with Crippen LogP contribution in [0.3, 0.4) is 0 Å². The van der Waals surface area contributed by atoms with Gasteiger partial charge in [0.1, 0.15) is 5.92 Å². The Labute approximate surface area is 199 Å². The van der Waals surface area contributed by atoms with Crippen molar-refractivity contribution in [2.75, 3.05) is 25.0 Å². The molecule has 4 N–H and O–H groups in total. The number of hydrogen-bond acceptors (Lipinski definition) is 6. The van der Waals surface area contributed by atoms with E-state index in [0.29, 0.717) is 23.5 Å². The third-order valence-corrected chi connectivity index (χ3v) is 5.57. The van der Waals surface area contributed by atoms with Crippen molar-refractivity contribution >= 4 is 29.0 Å². The Hall–Kier alpha value is -3.81. The molecule has 0 radical (unpaired) electrons. The van der Waals surface area contributed by atoms with E-state index in [0.717, 1.165) is 35.5 Å². The summed E-state index contributed by atoms with van der Waals surface area (Å²) < 4.78 is 5.09. The number of nitrogens with zero attached hydrogens (tertiary/aromatic N) is 1. The van der Waals surface area contributed by atoms with Gasteiger partial charge in [0, 0.05) is 25.3 Å². The van der Waals surface area contributed by atoms with Crippen molar-refractivity contribution in [3.8, 4) is 0 Å². The maximum atomic E-state index is 13.1. The molecule has 0 spiro atoms. The molecule has 34 heavy (non-hydrogen) atoms. The van der Waals surface area contributed by atoms with E-state index in [1.54, 1.807) is 25.1 Å². The highest BCUT2D eigenvalue weighted by Crippen LogP contribution is 2.37. The quantitative estimate of drug-likeness (QED) is 0.258. The summed E-state index contributed by atoms with van der Waals surface area (Å²) in [5.74, 6) is -1.19. The van der Waals surface area contributed by atoms with Gasteiger partial charge in [-0.2, -0.15) is 0 Å². The van der Waals surface area contributed by atoms with Gasteiger partial charge in [0.2, 0.25) is 5.91 Å². The van der Waals surface area contributed by atoms with Gasteiger partial charge in [0.05, 0.1) is 23.6 Å². The minimum absolute atomic E-state index is 0.179. The normalized spacial score (nSPS) is 15.1. The van der Waals surface area contributed by atoms with E-state index in [9.17, 15) is 9.59 Å². The first-order chi connectivity index (χ1) is 16.6. The molecular formula is C27H28N4O3. The fraction of sp³-hybridized carbons (Fsp3) is 0.222. The number of rotatable bonds is 9. The Kier molecular flexibility index (Phi) is 7.47. The largest absolute Gasteiger partial charge is 0.462 e. The molecule has 0 aliphatic carbocycles. The average Bonchev–Trinajstić information content (AvgIpc) is 3.19. The van der Waals surface area contributed by atoms with Gasteiger partial charge in [-0.1, -0.05) is 48.5 Å². The fourth-order valence-corrected chi connectivity index (χ4v) is 3.94. The molecule has 3 aromatic rings. The summed E-state index contributed by atoms with van der Waals surface area (Å²) in [6, 6.07) is 22.7. The zero-order chi connectivity index (χ0) is 23.9. The number of nitrogens with two attached hydrogens (primary N) is 1. The van der Waals surface area contributed by atoms with Crippen LogP contribution in [-0.4, -0.2) is 37.3 Å². The molecule has 0 saturated carbocycles. The molecule has 0 bridgehead atoms. The Morgan fingerprint density at radius 3 is 2.53 bits per heavy atom. The molecule has 1 atom stereocenters. The number of aliphatic imine (C=N–C) groups is 1. The summed E-state index contributed by atoms with van der Waals surface area (Å²) in [6.45, 7) is 4.13. The second kappa shape index (κ2) is 10.9. The average molecular weight is 457 g/mol. The van der Waals surface area contributed by atoms with Gasteiger partial charge in [0.25, 0.3) is 0 Å². The Bertz CT molecular complexity index is 1190. The van der Waals surface area contributed by atoms with E-state index < -0.39 is 11.9 Å². The van der Waals surface area contributed by atoms with Crippen LogP contribution in [0.4, 0.5) is 11.4 Å². The molecular weight excluding hydrogens is 428 g/mol. The number of nitrogens with one attached hydrogen (secondary N) is 2. The number of hydrogen-bond donors (Lipinski definition) is 3. The van der Waals surface area contributed by atoms with Crippen LogP contribution in [0.1, 0.15) is 39.9 Å². The topological polar surface area (TPSA) is 106 Å². The van der Waals surface area contributed by atoms with Crippen LogP contribution in [0.5, 0.6) is 0 Å². The van der Waals surface area contributed by atoms with Crippen molar-refractivity contribution in [1.82, 2.24) is 5.32 Å². The first-order valence-corrected chi connectivity index (χ1v) is 11.4. The van der Waals surface area contributed by atoms with Crippen LogP contribution in [-0.2, 0) is 16.1 Å². The fourth-order valence-electron chi connectivity index (χ4n) is 3.94. The Balaban J connectivity index is 1.69. The Morgan fingerprint density at radius 2 is 1.82 bits per heavy atom. The molecule has 7 nitrogen and oxygen atoms in total. The first kappa shape index (κ1) is 23.4. The van der Waals surface area contributed by atoms with Gasteiger partial charge in [0.15, 0.2) is 0 Å². The molecule has 0 fully saturated rings. The van der Waals surface area contributed by atoms with Gasteiger partial charge >= 0.3 is 5.97 Å². The van der Waals surface area contributed by atoms with E-state index >= 15 is 0 Å². The van der Waals surface area contributed by atoms with Gasteiger partial charge in [-0.3, -0.25) is 9.79 Å². The van der Waals surface area contributed by atoms with E-state index in [2.05, 4.69) is 10.6 Å². The van der Waals surface area contributed by atoms with E-state index in [4.69, 9.17) is 15.5 Å². The maximum Gasteiger partial charge on any atom is 0.338 e. The molecule has 7 heteroatoms. The van der Waals surface area contributed by atoms with Crippen LogP contribution in [0, 0.1) is 0 Å². The summed E-state index contributed by atoms with van der Waals surface area (Å²) in [6.07, 6.45) is 0. The van der Waals surface area contributed by atoms with Gasteiger partial charge < -0.3 is 21.1 Å². The van der Waals surface area contributed by atoms with Crippen LogP contribution < -0.4 is 16.4 Å². The van der Waals surface area contributed by atoms with Crippen molar-refractivity contribution in [3.05, 3.63) is 95.1 Å². The van der Waals surface area contributed by atoms with Crippen molar-refractivity contribution in [3.63, 3.8) is 0 Å². The van der Waals surface area contributed by atoms with Crippen LogP contribution in [0.25, 0.3) is 0 Å². The van der Waals surface area contributed by atoms with Crippen molar-refractivity contribution in [2.24, 2.45) is 10.7 Å². The molecule has 1 heterocycles. The number of carbonyl (C=O) groups excluding carboxylic acids is 2. The number of ether oxygens (including phenoxy) is 1. The molecule has 1 amide bonds. The molecule has 174 valence electrons. The minimum Gasteiger partial charge on any atom is -0.462 e. The molecule has 1 aliphatic rings. The lowest BCUT2D eigenvalue weighted by molar-refractivity contribution is -0.115. The van der Waals surface area contributed by atoms with E-state index in [1.165, 1.54) is 0 Å². The third kappa shape index (κ3) is 5.22. The lowest BCUT2D eigenvalue weighted by Gasteiger charge is -2.14. The van der Waals surface area contributed by atoms with Gasteiger partial charge in [-0.25, -0.2) is 4.79 Å². The highest BCUT2D eigenvalue weighted by Gasteiger charge is 2.36. The van der Waals surface area contributed by atoms with Crippen LogP contribution in [0.15, 0.2) is 77.8 Å². The molecule has 0 saturated heterocycles. The van der Waals surface area contributed by atoms with Crippen molar-refractivity contribution < 1.29 is 14.3 Å². The molecule has 4 rings (SSSR count). The number of benzene rings is 3. The summed E-state index contributed by atoms with van der Waals surface area (Å²) in [4.78, 5) is 30.2. The maximum absolute atomic E-state index is 13.1. The zero-order valence-corrected chi connectivity index (χ0v) is 19.1. The summed E-state index contributed by atoms with van der Waals surface area (Å²) in [5.41, 5.74) is 10.7. The second-order valence-corrected chi connectivity index (χ2v) is 7.94. The first-order valence-electron chi connectivity index (χ1n) is 11.4. The predicted molar refractivity (Wildman–Crippen MR) is 134 cm³/mol. The third-order valence-electron chi connectivity index (χ3n) is 5.57. The predicted octanol–water partition coefficient (Wildman–Crippen LogP) is 3.77. The summed E-state index contributed by atoms with van der Waals surface area (Å²) >= 11 is 0. The van der Waals surface area contributed by atoms with Crippen LogP contribution in [0.2, 0.25) is 0 Å². The monoisotopic (exact) mass is 456 g/mol. The number of fused-ring (bicyclic) bond motifs is 1. The molecule has 1 unspecified atom stereocenters. The number of anilines is 1. The zero-order valence-electron chi connectivity index (χ0n) is 19.1. The van der Waals surface area contributed by atoms with E-state index in [-0.39, 0.29) is 12.5 Å². The SMILES string of the molecule is CCOC(=O)c1ccc2c(c1)NC(=O)C2C(=Nc1ccc(CNCCN)cc1)c1ccccc1. The second-order valence-electron chi connectivity index (χ2n) is 7.94. The summed E-state index contributed by atoms with van der Waals surface area (Å²) in [7, 11) is 0. The number of amides is 1. The highest BCUT2D eigenvalue weighted by atomic mass is 16.5. The molecule has 0 aromatic heterocycles. The minimum atomic E-state index is -0.598. The lowest BCUT2D eigenvalue weighted by atomic mass is 9.90. The smallest absolute Gasteiger partial charge is 0.338 e.